The largest absolute Gasteiger partial charge is 0.433 e. The van der Waals surface area contributed by atoms with Gasteiger partial charge < -0.3 is 4.74 Å². The van der Waals surface area contributed by atoms with E-state index >= 15 is 0 Å². The lowest BCUT2D eigenvalue weighted by molar-refractivity contribution is -0.141. The highest BCUT2D eigenvalue weighted by atomic mass is 19.4. The van der Waals surface area contributed by atoms with Crippen molar-refractivity contribution in [3.05, 3.63) is 36.1 Å². The molecule has 0 bridgehead atoms. The molecule has 1 N–H and O–H groups in total. The molecule has 0 spiro atoms. The monoisotopic (exact) mass is 392 g/mol. The van der Waals surface area contributed by atoms with Gasteiger partial charge in [-0.25, -0.2) is 9.97 Å². The number of amides is 1. The average Bonchev–Trinajstić information content (AvgIpc) is 3.21. The van der Waals surface area contributed by atoms with Crippen molar-refractivity contribution in [3.8, 4) is 0 Å². The standard InChI is InChI=1S/C19H19F3N4O2/c20-19(21,22)15-9-8-14-17(24-15)26(12-4-3-5-12)18(23-14)25-16(27)10-11-28-13-6-1-2-7-13/h3-5,8-9,13H,1-2,6-7,10-11H2,(H,23,25,27). The molecule has 2 heterocycles. The van der Waals surface area contributed by atoms with Gasteiger partial charge in [0.05, 0.1) is 24.8 Å². The molecule has 6 nitrogen and oxygen atoms in total. The quantitative estimate of drug-likeness (QED) is 0.802. The van der Waals surface area contributed by atoms with Crippen LogP contribution in [0.15, 0.2) is 30.4 Å². The molecular weight excluding hydrogens is 373 g/mol. The van der Waals surface area contributed by atoms with E-state index in [1.165, 1.54) is 10.6 Å². The summed E-state index contributed by atoms with van der Waals surface area (Å²) in [5.41, 5.74) is -0.0886. The van der Waals surface area contributed by atoms with E-state index in [1.54, 1.807) is 18.2 Å². The summed E-state index contributed by atoms with van der Waals surface area (Å²) in [4.78, 5) is 20.3. The minimum absolute atomic E-state index is 0.0444. The summed E-state index contributed by atoms with van der Waals surface area (Å²) in [7, 11) is 0. The van der Waals surface area contributed by atoms with Crippen molar-refractivity contribution in [2.45, 2.75) is 44.4 Å². The normalized spacial score (nSPS) is 17.0. The van der Waals surface area contributed by atoms with Crippen LogP contribution in [0.5, 0.6) is 0 Å². The van der Waals surface area contributed by atoms with Gasteiger partial charge in [0, 0.05) is 0 Å². The summed E-state index contributed by atoms with van der Waals surface area (Å²) in [6.07, 6.45) is 5.31. The van der Waals surface area contributed by atoms with Gasteiger partial charge in [-0.05, 0) is 37.1 Å². The van der Waals surface area contributed by atoms with Crippen molar-refractivity contribution in [2.75, 3.05) is 11.9 Å². The summed E-state index contributed by atoms with van der Waals surface area (Å²) < 4.78 is 46.2. The Hall–Kier alpha value is -2.68. The number of aromatic nitrogens is 3. The van der Waals surface area contributed by atoms with E-state index in [0.29, 0.717) is 12.3 Å². The molecule has 28 heavy (non-hydrogen) atoms. The van der Waals surface area contributed by atoms with E-state index in [-0.39, 0.29) is 35.5 Å². The predicted molar refractivity (Wildman–Crippen MR) is 97.4 cm³/mol. The molecule has 148 valence electrons. The summed E-state index contributed by atoms with van der Waals surface area (Å²) in [6.45, 7) is 0.301. The number of ether oxygens (including phenoxy) is 1. The number of hydrogen-bond donors (Lipinski definition) is 1. The van der Waals surface area contributed by atoms with Gasteiger partial charge in [0.1, 0.15) is 11.2 Å². The van der Waals surface area contributed by atoms with Crippen LogP contribution in [-0.4, -0.2) is 33.2 Å². The highest BCUT2D eigenvalue weighted by Gasteiger charge is 2.33. The SMILES string of the molecule is O=C(CCOC1CCCC1)Nc1nc2ccc(C(F)(F)F)nc2n1C1=CC=C1. The van der Waals surface area contributed by atoms with Crippen LogP contribution in [-0.2, 0) is 15.7 Å². The molecule has 1 fully saturated rings. The fraction of sp³-hybridized carbons (Fsp3) is 0.421. The second-order valence-electron chi connectivity index (χ2n) is 6.83. The first-order chi connectivity index (χ1) is 13.4. The van der Waals surface area contributed by atoms with Crippen LogP contribution in [0, 0.1) is 0 Å². The van der Waals surface area contributed by atoms with Crippen LogP contribution in [0.4, 0.5) is 19.1 Å². The van der Waals surface area contributed by atoms with Gasteiger partial charge in [0.15, 0.2) is 5.65 Å². The van der Waals surface area contributed by atoms with Crippen molar-refractivity contribution < 1.29 is 22.7 Å². The summed E-state index contributed by atoms with van der Waals surface area (Å²) in [5, 5.41) is 2.67. The Bertz CT molecular complexity index is 956. The van der Waals surface area contributed by atoms with Gasteiger partial charge in [-0.3, -0.25) is 14.7 Å². The van der Waals surface area contributed by atoms with Crippen LogP contribution >= 0.6 is 0 Å². The molecule has 0 aromatic carbocycles. The minimum atomic E-state index is -4.56. The Morgan fingerprint density at radius 2 is 2.00 bits per heavy atom. The lowest BCUT2D eigenvalue weighted by Crippen LogP contribution is -2.19. The number of carbonyl (C=O) groups excluding carboxylic acids is 1. The van der Waals surface area contributed by atoms with E-state index in [2.05, 4.69) is 15.3 Å². The van der Waals surface area contributed by atoms with Crippen LogP contribution in [0.1, 0.15) is 37.8 Å². The van der Waals surface area contributed by atoms with Gasteiger partial charge in [-0.2, -0.15) is 13.2 Å². The fourth-order valence-electron chi connectivity index (χ4n) is 3.34. The molecule has 2 aromatic rings. The Morgan fingerprint density at radius 1 is 1.25 bits per heavy atom. The molecule has 1 amide bonds. The van der Waals surface area contributed by atoms with Crippen molar-refractivity contribution in [3.63, 3.8) is 0 Å². The Balaban J connectivity index is 1.53. The highest BCUT2D eigenvalue weighted by molar-refractivity contribution is 5.93. The predicted octanol–water partition coefficient (Wildman–Crippen LogP) is 4.15. The zero-order chi connectivity index (χ0) is 19.7. The topological polar surface area (TPSA) is 69.0 Å². The molecule has 0 aliphatic heterocycles. The van der Waals surface area contributed by atoms with E-state index in [0.717, 1.165) is 31.7 Å². The number of anilines is 1. The molecule has 2 aliphatic rings. The molecule has 4 rings (SSSR count). The van der Waals surface area contributed by atoms with Crippen LogP contribution in [0.3, 0.4) is 0 Å². The van der Waals surface area contributed by atoms with Gasteiger partial charge in [-0.1, -0.05) is 18.9 Å². The summed E-state index contributed by atoms with van der Waals surface area (Å²) in [5.74, 6) is -0.169. The second kappa shape index (κ2) is 7.38. The van der Waals surface area contributed by atoms with E-state index < -0.39 is 11.9 Å². The van der Waals surface area contributed by atoms with Crippen LogP contribution in [0.2, 0.25) is 0 Å². The van der Waals surface area contributed by atoms with E-state index in [4.69, 9.17) is 4.74 Å². The molecule has 2 aromatic heterocycles. The first kappa shape index (κ1) is 18.7. The summed E-state index contributed by atoms with van der Waals surface area (Å²) >= 11 is 0. The lowest BCUT2D eigenvalue weighted by Gasteiger charge is -2.14. The number of nitrogens with one attached hydrogen (secondary N) is 1. The third-order valence-electron chi connectivity index (χ3n) is 4.82. The lowest BCUT2D eigenvalue weighted by atomic mass is 10.2. The number of nitrogens with zero attached hydrogens (tertiary/aromatic N) is 3. The average molecular weight is 392 g/mol. The number of imidazole rings is 1. The minimum Gasteiger partial charge on any atom is -0.378 e. The Labute approximate surface area is 159 Å². The number of rotatable bonds is 6. The maximum absolute atomic E-state index is 13.0. The maximum Gasteiger partial charge on any atom is 0.433 e. The van der Waals surface area contributed by atoms with Crippen LogP contribution in [0.25, 0.3) is 16.9 Å². The molecule has 0 atom stereocenters. The molecule has 0 radical (unpaired) electrons. The van der Waals surface area contributed by atoms with E-state index in [1.807, 2.05) is 0 Å². The van der Waals surface area contributed by atoms with Crippen molar-refractivity contribution in [2.24, 2.45) is 0 Å². The zero-order valence-corrected chi connectivity index (χ0v) is 15.0. The third kappa shape index (κ3) is 3.80. The second-order valence-corrected chi connectivity index (χ2v) is 6.83. The van der Waals surface area contributed by atoms with Crippen LogP contribution < -0.4 is 5.32 Å². The van der Waals surface area contributed by atoms with Gasteiger partial charge in [0.25, 0.3) is 0 Å². The number of alkyl halides is 3. The third-order valence-corrected chi connectivity index (χ3v) is 4.82. The molecular formula is C19H19F3N4O2. The smallest absolute Gasteiger partial charge is 0.378 e. The molecule has 9 heteroatoms. The molecule has 1 saturated carbocycles. The Kier molecular flexibility index (Phi) is 4.92. The van der Waals surface area contributed by atoms with E-state index in [9.17, 15) is 18.0 Å². The molecule has 2 aliphatic carbocycles. The number of halogens is 3. The number of allylic oxidation sites excluding steroid dienone is 4. The summed E-state index contributed by atoms with van der Waals surface area (Å²) in [6, 6.07) is 2.13. The number of fused-ring (bicyclic) bond motifs is 1. The number of pyridine rings is 1. The fourth-order valence-corrected chi connectivity index (χ4v) is 3.34. The van der Waals surface area contributed by atoms with Gasteiger partial charge >= 0.3 is 6.18 Å². The van der Waals surface area contributed by atoms with Crippen molar-refractivity contribution >= 4 is 28.7 Å². The van der Waals surface area contributed by atoms with Crippen molar-refractivity contribution in [1.29, 1.82) is 0 Å². The first-order valence-corrected chi connectivity index (χ1v) is 9.19. The highest BCUT2D eigenvalue weighted by Crippen LogP contribution is 2.32. The first-order valence-electron chi connectivity index (χ1n) is 9.19. The number of hydrogen-bond acceptors (Lipinski definition) is 4. The zero-order valence-electron chi connectivity index (χ0n) is 15.0. The Morgan fingerprint density at radius 3 is 2.64 bits per heavy atom. The van der Waals surface area contributed by atoms with Gasteiger partial charge in [-0.15, -0.1) is 0 Å². The molecule has 0 saturated heterocycles. The van der Waals surface area contributed by atoms with Gasteiger partial charge in [0.2, 0.25) is 11.9 Å². The maximum atomic E-state index is 13.0. The number of carbonyl (C=O) groups is 1. The molecule has 0 unspecified atom stereocenters. The van der Waals surface area contributed by atoms with Crippen molar-refractivity contribution in [1.82, 2.24) is 14.5 Å².